The molecule has 0 aliphatic carbocycles. The number of ether oxygens (including phenoxy) is 2. The molecular weight excluding hydrogens is 292 g/mol. The van der Waals surface area contributed by atoms with Crippen LogP contribution in [0.2, 0.25) is 0 Å². The minimum atomic E-state index is -0.997. The van der Waals surface area contributed by atoms with Crippen LogP contribution in [0.1, 0.15) is 57.6 Å². The first-order valence-electron chi connectivity index (χ1n) is 8.42. The van der Waals surface area contributed by atoms with Crippen molar-refractivity contribution in [3.8, 4) is 0 Å². The quantitative estimate of drug-likeness (QED) is 0.512. The lowest BCUT2D eigenvalue weighted by atomic mass is 9.90. The maximum Gasteiger partial charge on any atom is 0.324 e. The molecule has 1 aromatic rings. The summed E-state index contributed by atoms with van der Waals surface area (Å²) < 4.78 is 10.5. The molecule has 0 spiro atoms. The Morgan fingerprint density at radius 2 is 1.48 bits per heavy atom. The van der Waals surface area contributed by atoms with Crippen LogP contribution >= 0.6 is 0 Å². The highest BCUT2D eigenvalue weighted by Crippen LogP contribution is 2.25. The van der Waals surface area contributed by atoms with Gasteiger partial charge in [0, 0.05) is 0 Å². The van der Waals surface area contributed by atoms with Crippen molar-refractivity contribution >= 4 is 11.9 Å². The molecule has 0 saturated carbocycles. The molecule has 0 radical (unpaired) electrons. The van der Waals surface area contributed by atoms with Crippen molar-refractivity contribution in [1.82, 2.24) is 0 Å². The number of carbonyl (C=O) groups is 2. The van der Waals surface area contributed by atoms with Crippen molar-refractivity contribution in [3.63, 3.8) is 0 Å². The lowest BCUT2D eigenvalue weighted by Crippen LogP contribution is -2.27. The summed E-state index contributed by atoms with van der Waals surface area (Å²) in [5.41, 5.74) is 1.69. The second kappa shape index (κ2) is 10.0. The van der Waals surface area contributed by atoms with Gasteiger partial charge in [0.05, 0.1) is 13.2 Å². The zero-order chi connectivity index (χ0) is 17.2. The molecule has 0 fully saturated rings. The van der Waals surface area contributed by atoms with Gasteiger partial charge in [0.2, 0.25) is 0 Å². The highest BCUT2D eigenvalue weighted by Gasteiger charge is 2.33. The van der Waals surface area contributed by atoms with E-state index in [1.54, 1.807) is 0 Å². The number of rotatable bonds is 9. The summed E-state index contributed by atoms with van der Waals surface area (Å²) in [7, 11) is 0. The van der Waals surface area contributed by atoms with Crippen molar-refractivity contribution in [2.45, 2.75) is 52.9 Å². The van der Waals surface area contributed by atoms with Gasteiger partial charge in [0.25, 0.3) is 0 Å². The molecule has 4 nitrogen and oxygen atoms in total. The van der Waals surface area contributed by atoms with E-state index in [4.69, 9.17) is 9.47 Å². The van der Waals surface area contributed by atoms with Crippen LogP contribution in [-0.2, 0) is 25.5 Å². The molecule has 0 heterocycles. The Morgan fingerprint density at radius 3 is 1.96 bits per heavy atom. The number of hydrogen-bond donors (Lipinski definition) is 0. The van der Waals surface area contributed by atoms with Crippen molar-refractivity contribution in [2.24, 2.45) is 5.92 Å². The Bertz CT molecular complexity index is 488. The fourth-order valence-corrected chi connectivity index (χ4v) is 2.36. The lowest BCUT2D eigenvalue weighted by Gasteiger charge is -2.19. The molecule has 0 N–H and O–H groups in total. The third-order valence-corrected chi connectivity index (χ3v) is 3.36. The van der Waals surface area contributed by atoms with Gasteiger partial charge in [0.15, 0.2) is 5.92 Å². The summed E-state index contributed by atoms with van der Waals surface area (Å²) in [4.78, 5) is 24.8. The number of hydrogen-bond acceptors (Lipinski definition) is 4. The lowest BCUT2D eigenvalue weighted by molar-refractivity contribution is -0.157. The van der Waals surface area contributed by atoms with E-state index in [1.807, 2.05) is 38.1 Å². The minimum absolute atomic E-state index is 0.308. The fraction of sp³-hybridized carbons (Fsp3) is 0.579. The Kier molecular flexibility index (Phi) is 8.38. The van der Waals surface area contributed by atoms with Crippen molar-refractivity contribution in [2.75, 3.05) is 13.2 Å². The van der Waals surface area contributed by atoms with Gasteiger partial charge in [-0.25, -0.2) is 0 Å². The van der Waals surface area contributed by atoms with Gasteiger partial charge in [-0.15, -0.1) is 0 Å². The van der Waals surface area contributed by atoms with Crippen LogP contribution in [0.25, 0.3) is 0 Å². The molecule has 0 aromatic heterocycles. The van der Waals surface area contributed by atoms with Crippen molar-refractivity contribution in [3.05, 3.63) is 35.4 Å². The molecule has 1 rings (SSSR count). The number of benzene rings is 1. The van der Waals surface area contributed by atoms with Crippen LogP contribution in [0.4, 0.5) is 0 Å². The molecule has 0 amide bonds. The summed E-state index contributed by atoms with van der Waals surface area (Å²) in [5.74, 6) is -1.62. The molecule has 0 bridgehead atoms. The first kappa shape index (κ1) is 19.2. The van der Waals surface area contributed by atoms with Crippen LogP contribution in [0.15, 0.2) is 24.3 Å². The van der Waals surface area contributed by atoms with Gasteiger partial charge in [-0.1, -0.05) is 52.0 Å². The largest absolute Gasteiger partial charge is 0.465 e. The molecule has 0 aliphatic heterocycles. The van der Waals surface area contributed by atoms with E-state index >= 15 is 0 Å². The second-order valence-corrected chi connectivity index (χ2v) is 6.06. The summed E-state index contributed by atoms with van der Waals surface area (Å²) in [6, 6.07) is 7.55. The van der Waals surface area contributed by atoms with E-state index in [9.17, 15) is 9.59 Å². The van der Waals surface area contributed by atoms with Gasteiger partial charge in [-0.2, -0.15) is 0 Å². The predicted octanol–water partition coefficient (Wildman–Crippen LogP) is 3.88. The van der Waals surface area contributed by atoms with Crippen molar-refractivity contribution < 1.29 is 19.1 Å². The van der Waals surface area contributed by atoms with E-state index in [-0.39, 0.29) is 0 Å². The second-order valence-electron chi connectivity index (χ2n) is 6.06. The standard InChI is InChI=1S/C19H28O4/c1-5-11-22-18(20)17(19(21)23-12-6-2)16-10-8-7-9-15(16)13-14(3)4/h7-10,14,17H,5-6,11-13H2,1-4H3. The summed E-state index contributed by atoms with van der Waals surface area (Å²) >= 11 is 0. The van der Waals surface area contributed by atoms with Crippen LogP contribution in [0.3, 0.4) is 0 Å². The third kappa shape index (κ3) is 6.05. The monoisotopic (exact) mass is 320 g/mol. The molecule has 0 aliphatic rings. The Balaban J connectivity index is 3.12. The van der Waals surface area contributed by atoms with Gasteiger partial charge >= 0.3 is 11.9 Å². The molecule has 1 aromatic carbocycles. The van der Waals surface area contributed by atoms with E-state index in [0.29, 0.717) is 24.7 Å². The SMILES string of the molecule is CCCOC(=O)C(C(=O)OCCC)c1ccccc1CC(C)C. The average Bonchev–Trinajstić information content (AvgIpc) is 2.52. The number of carbonyl (C=O) groups excluding carboxylic acids is 2. The highest BCUT2D eigenvalue weighted by atomic mass is 16.6. The molecule has 4 heteroatoms. The Morgan fingerprint density at radius 1 is 0.957 bits per heavy atom. The highest BCUT2D eigenvalue weighted by molar-refractivity contribution is 6.01. The Labute approximate surface area is 139 Å². The van der Waals surface area contributed by atoms with Gasteiger partial charge < -0.3 is 9.47 Å². The number of esters is 2. The smallest absolute Gasteiger partial charge is 0.324 e. The fourth-order valence-electron chi connectivity index (χ4n) is 2.36. The van der Waals surface area contributed by atoms with E-state index in [0.717, 1.165) is 24.8 Å². The summed E-state index contributed by atoms with van der Waals surface area (Å²) in [5, 5.41) is 0. The first-order valence-corrected chi connectivity index (χ1v) is 8.42. The van der Waals surface area contributed by atoms with Crippen molar-refractivity contribution in [1.29, 1.82) is 0 Å². The van der Waals surface area contributed by atoms with Crippen LogP contribution < -0.4 is 0 Å². The van der Waals surface area contributed by atoms with Crippen LogP contribution in [0, 0.1) is 5.92 Å². The summed E-state index contributed by atoms with van der Waals surface area (Å²) in [6.45, 7) is 8.67. The molecule has 0 saturated heterocycles. The Hall–Kier alpha value is -1.84. The summed E-state index contributed by atoms with van der Waals surface area (Å²) in [6.07, 6.45) is 2.24. The van der Waals surface area contributed by atoms with Gasteiger partial charge in [-0.3, -0.25) is 9.59 Å². The zero-order valence-electron chi connectivity index (χ0n) is 14.6. The minimum Gasteiger partial charge on any atom is -0.465 e. The van der Waals surface area contributed by atoms with Gasteiger partial charge in [0.1, 0.15) is 0 Å². The maximum atomic E-state index is 12.4. The van der Waals surface area contributed by atoms with E-state index in [2.05, 4.69) is 13.8 Å². The molecular formula is C19H28O4. The first-order chi connectivity index (χ1) is 11.0. The predicted molar refractivity (Wildman–Crippen MR) is 90.2 cm³/mol. The van der Waals surface area contributed by atoms with E-state index < -0.39 is 17.9 Å². The zero-order valence-corrected chi connectivity index (χ0v) is 14.6. The third-order valence-electron chi connectivity index (χ3n) is 3.36. The van der Waals surface area contributed by atoms with E-state index in [1.165, 1.54) is 0 Å². The molecule has 23 heavy (non-hydrogen) atoms. The van der Waals surface area contributed by atoms with Crippen LogP contribution in [0.5, 0.6) is 0 Å². The maximum absolute atomic E-state index is 12.4. The topological polar surface area (TPSA) is 52.6 Å². The van der Waals surface area contributed by atoms with Crippen LogP contribution in [-0.4, -0.2) is 25.2 Å². The molecule has 0 unspecified atom stereocenters. The van der Waals surface area contributed by atoms with Gasteiger partial charge in [-0.05, 0) is 36.3 Å². The average molecular weight is 320 g/mol. The molecule has 128 valence electrons. The normalized spacial score (nSPS) is 10.9. The molecule has 0 atom stereocenters.